The van der Waals surface area contributed by atoms with Crippen LogP contribution in [-0.2, 0) is 4.79 Å². The van der Waals surface area contributed by atoms with E-state index in [1.807, 2.05) is 25.2 Å². The summed E-state index contributed by atoms with van der Waals surface area (Å²) in [6, 6.07) is 0. The third-order valence-electron chi connectivity index (χ3n) is 2.07. The Hall–Kier alpha value is -1.71. The van der Waals surface area contributed by atoms with Gasteiger partial charge in [-0.1, -0.05) is 13.0 Å². The van der Waals surface area contributed by atoms with Crippen LogP contribution in [0.1, 0.15) is 13.3 Å². The van der Waals surface area contributed by atoms with Gasteiger partial charge in [0.05, 0.1) is 11.4 Å². The van der Waals surface area contributed by atoms with Crippen molar-refractivity contribution in [3.63, 3.8) is 0 Å². The first-order valence-electron chi connectivity index (χ1n) is 4.85. The molecule has 4 nitrogen and oxygen atoms in total. The highest BCUT2D eigenvalue weighted by molar-refractivity contribution is 6.52. The zero-order valence-corrected chi connectivity index (χ0v) is 9.24. The highest BCUT2D eigenvalue weighted by atomic mass is 16.1. The maximum atomic E-state index is 11.3. The molecule has 1 aliphatic rings. The van der Waals surface area contributed by atoms with Gasteiger partial charge in [0.1, 0.15) is 5.71 Å². The van der Waals surface area contributed by atoms with Crippen LogP contribution in [0.2, 0.25) is 0 Å². The summed E-state index contributed by atoms with van der Waals surface area (Å²) in [5.41, 5.74) is 2.22. The fraction of sp³-hybridized carbons (Fsp3) is 0.364. The van der Waals surface area contributed by atoms with Gasteiger partial charge in [-0.2, -0.15) is 0 Å². The lowest BCUT2D eigenvalue weighted by atomic mass is 10.1. The summed E-state index contributed by atoms with van der Waals surface area (Å²) < 4.78 is 0. The van der Waals surface area contributed by atoms with Crippen LogP contribution in [0, 0.1) is 0 Å². The average Bonchev–Trinajstić information content (AvgIpc) is 2.28. The molecule has 0 aromatic rings. The topological polar surface area (TPSA) is 53.8 Å². The van der Waals surface area contributed by atoms with Gasteiger partial charge in [0.2, 0.25) is 5.91 Å². The van der Waals surface area contributed by atoms with Crippen LogP contribution in [0.4, 0.5) is 0 Å². The van der Waals surface area contributed by atoms with Crippen molar-refractivity contribution in [3.8, 4) is 0 Å². The predicted molar refractivity (Wildman–Crippen MR) is 62.4 cm³/mol. The van der Waals surface area contributed by atoms with E-state index in [4.69, 9.17) is 0 Å². The molecule has 1 aliphatic carbocycles. The molecular weight excluding hydrogens is 190 g/mol. The molecule has 0 spiro atoms. The molecule has 0 aromatic carbocycles. The zero-order chi connectivity index (χ0) is 11.3. The lowest BCUT2D eigenvalue weighted by molar-refractivity contribution is -0.119. The minimum Gasteiger partial charge on any atom is -0.324 e. The van der Waals surface area contributed by atoms with E-state index in [1.54, 1.807) is 14.1 Å². The molecule has 1 rings (SSSR count). The van der Waals surface area contributed by atoms with Crippen molar-refractivity contribution in [2.75, 3.05) is 14.1 Å². The quantitative estimate of drug-likeness (QED) is 0.674. The molecule has 0 heterocycles. The van der Waals surface area contributed by atoms with Crippen LogP contribution in [0.25, 0.3) is 0 Å². The van der Waals surface area contributed by atoms with Gasteiger partial charge < -0.3 is 5.32 Å². The molecular formula is C11H15N3O. The van der Waals surface area contributed by atoms with Crippen LogP contribution in [0.5, 0.6) is 0 Å². The van der Waals surface area contributed by atoms with Crippen molar-refractivity contribution in [1.82, 2.24) is 5.32 Å². The summed E-state index contributed by atoms with van der Waals surface area (Å²) in [6.07, 6.45) is 5.99. The normalized spacial score (nSPS) is 20.6. The molecule has 0 aromatic heterocycles. The molecule has 0 bridgehead atoms. The summed E-state index contributed by atoms with van der Waals surface area (Å²) in [6.45, 7) is 1.81. The number of nitrogens with zero attached hydrogens (tertiary/aromatic N) is 2. The van der Waals surface area contributed by atoms with E-state index in [0.29, 0.717) is 12.1 Å². The number of allylic oxidation sites excluding steroid dienone is 4. The number of amides is 1. The minimum atomic E-state index is -0.0202. The Kier molecular flexibility index (Phi) is 3.97. The second kappa shape index (κ2) is 5.24. The number of nitrogens with one attached hydrogen (secondary N) is 1. The van der Waals surface area contributed by atoms with Crippen molar-refractivity contribution in [3.05, 3.63) is 23.9 Å². The van der Waals surface area contributed by atoms with Crippen LogP contribution in [-0.4, -0.2) is 31.4 Å². The van der Waals surface area contributed by atoms with E-state index in [-0.39, 0.29) is 5.91 Å². The van der Waals surface area contributed by atoms with Crippen molar-refractivity contribution in [2.45, 2.75) is 13.3 Å². The Balaban J connectivity index is 2.93. The summed E-state index contributed by atoms with van der Waals surface area (Å²) in [7, 11) is 3.39. The first-order chi connectivity index (χ1) is 7.22. The van der Waals surface area contributed by atoms with E-state index in [1.165, 1.54) is 0 Å². The molecule has 0 atom stereocenters. The van der Waals surface area contributed by atoms with E-state index >= 15 is 0 Å². The largest absolute Gasteiger partial charge is 0.324 e. The fourth-order valence-corrected chi connectivity index (χ4v) is 1.29. The Labute approximate surface area is 89.5 Å². The van der Waals surface area contributed by atoms with Gasteiger partial charge in [0, 0.05) is 20.5 Å². The number of carbonyl (C=O) groups excluding carboxylic acids is 1. The molecule has 0 radical (unpaired) electrons. The molecule has 80 valence electrons. The molecule has 0 fully saturated rings. The maximum absolute atomic E-state index is 11.3. The Morgan fingerprint density at radius 2 is 2.13 bits per heavy atom. The second-order valence-electron chi connectivity index (χ2n) is 3.02. The van der Waals surface area contributed by atoms with Crippen LogP contribution in [0.3, 0.4) is 0 Å². The maximum Gasteiger partial charge on any atom is 0.224 e. The molecule has 0 saturated heterocycles. The van der Waals surface area contributed by atoms with Crippen molar-refractivity contribution in [1.29, 1.82) is 0 Å². The Morgan fingerprint density at radius 3 is 2.67 bits per heavy atom. The number of carbonyl (C=O) groups is 1. The zero-order valence-electron chi connectivity index (χ0n) is 9.24. The van der Waals surface area contributed by atoms with Crippen LogP contribution in [0.15, 0.2) is 33.9 Å². The Morgan fingerprint density at radius 1 is 1.40 bits per heavy atom. The molecule has 0 saturated carbocycles. The van der Waals surface area contributed by atoms with Crippen molar-refractivity contribution in [2.24, 2.45) is 9.98 Å². The molecule has 1 N–H and O–H groups in total. The SMILES string of the molecule is CCC(=O)NC1=CC=CC(=NC)C1=NC. The Bertz CT molecular complexity index is 375. The summed E-state index contributed by atoms with van der Waals surface area (Å²) >= 11 is 0. The number of rotatable bonds is 2. The lowest BCUT2D eigenvalue weighted by Crippen LogP contribution is -2.31. The van der Waals surface area contributed by atoms with Gasteiger partial charge in [0.25, 0.3) is 0 Å². The molecule has 0 unspecified atom stereocenters. The molecule has 4 heteroatoms. The average molecular weight is 205 g/mol. The van der Waals surface area contributed by atoms with Crippen molar-refractivity contribution < 1.29 is 4.79 Å². The van der Waals surface area contributed by atoms with E-state index in [2.05, 4.69) is 15.3 Å². The van der Waals surface area contributed by atoms with Crippen LogP contribution < -0.4 is 5.32 Å². The van der Waals surface area contributed by atoms with Gasteiger partial charge in [-0.15, -0.1) is 0 Å². The first kappa shape index (κ1) is 11.4. The lowest BCUT2D eigenvalue weighted by Gasteiger charge is -2.14. The van der Waals surface area contributed by atoms with Crippen LogP contribution >= 0.6 is 0 Å². The number of hydrogen-bond acceptors (Lipinski definition) is 3. The summed E-state index contributed by atoms with van der Waals surface area (Å²) in [5, 5.41) is 2.79. The second-order valence-corrected chi connectivity index (χ2v) is 3.02. The van der Waals surface area contributed by atoms with Gasteiger partial charge in [-0.25, -0.2) is 0 Å². The summed E-state index contributed by atoms with van der Waals surface area (Å²) in [5.74, 6) is -0.0202. The standard InChI is InChI=1S/C11H15N3O/c1-4-10(15)14-9-7-5-6-8(12-2)11(9)13-3/h5-7H,4H2,1-3H3,(H,14,15). The van der Waals surface area contributed by atoms with E-state index in [0.717, 1.165) is 11.4 Å². The van der Waals surface area contributed by atoms with Gasteiger partial charge in [-0.05, 0) is 12.2 Å². The first-order valence-corrected chi connectivity index (χ1v) is 4.85. The minimum absolute atomic E-state index is 0.0202. The number of hydrogen-bond donors (Lipinski definition) is 1. The predicted octanol–water partition coefficient (Wildman–Crippen LogP) is 1.11. The van der Waals surface area contributed by atoms with Gasteiger partial charge in [0.15, 0.2) is 0 Å². The highest BCUT2D eigenvalue weighted by Crippen LogP contribution is 2.05. The fourth-order valence-electron chi connectivity index (χ4n) is 1.29. The van der Waals surface area contributed by atoms with Gasteiger partial charge >= 0.3 is 0 Å². The van der Waals surface area contributed by atoms with Crippen molar-refractivity contribution >= 4 is 17.3 Å². The third-order valence-corrected chi connectivity index (χ3v) is 2.07. The highest BCUT2D eigenvalue weighted by Gasteiger charge is 2.15. The monoisotopic (exact) mass is 205 g/mol. The third kappa shape index (κ3) is 2.62. The molecule has 1 amide bonds. The van der Waals surface area contributed by atoms with E-state index in [9.17, 15) is 4.79 Å². The van der Waals surface area contributed by atoms with E-state index < -0.39 is 0 Å². The smallest absolute Gasteiger partial charge is 0.224 e. The number of aliphatic imine (C=N–C) groups is 2. The van der Waals surface area contributed by atoms with Gasteiger partial charge in [-0.3, -0.25) is 14.8 Å². The summed E-state index contributed by atoms with van der Waals surface area (Å²) in [4.78, 5) is 19.5. The molecule has 15 heavy (non-hydrogen) atoms. The molecule has 0 aliphatic heterocycles.